The molecule has 0 unspecified atom stereocenters. The highest BCUT2D eigenvalue weighted by Gasteiger charge is 2.08. The van der Waals surface area contributed by atoms with Gasteiger partial charge in [-0.05, 0) is 60.1 Å². The van der Waals surface area contributed by atoms with Crippen molar-refractivity contribution >= 4 is 11.4 Å². The van der Waals surface area contributed by atoms with Gasteiger partial charge in [-0.25, -0.2) is 0 Å². The Bertz CT molecular complexity index is 799. The number of ether oxygens (including phenoxy) is 4. The van der Waals surface area contributed by atoms with Crippen LogP contribution in [0.2, 0.25) is 0 Å². The first-order valence-electron chi connectivity index (χ1n) is 13.6. The second-order valence-electron chi connectivity index (χ2n) is 10.2. The van der Waals surface area contributed by atoms with Crippen LogP contribution in [0.25, 0.3) is 11.1 Å². The third-order valence-corrected chi connectivity index (χ3v) is 5.97. The van der Waals surface area contributed by atoms with E-state index in [1.165, 1.54) is 25.7 Å². The Hall–Kier alpha value is -2.44. The van der Waals surface area contributed by atoms with Gasteiger partial charge in [0.1, 0.15) is 24.7 Å². The van der Waals surface area contributed by atoms with Gasteiger partial charge in [0, 0.05) is 13.2 Å². The monoisotopic (exact) mass is 500 g/mol. The lowest BCUT2D eigenvalue weighted by Gasteiger charge is -2.14. The fourth-order valence-electron chi connectivity index (χ4n) is 3.82. The number of nitrogen functional groups attached to an aromatic ring is 2. The second kappa shape index (κ2) is 17.1. The Morgan fingerprint density at radius 2 is 0.972 bits per heavy atom. The van der Waals surface area contributed by atoms with Gasteiger partial charge in [0.15, 0.2) is 0 Å². The predicted molar refractivity (Wildman–Crippen MR) is 151 cm³/mol. The van der Waals surface area contributed by atoms with Crippen LogP contribution >= 0.6 is 0 Å². The van der Waals surface area contributed by atoms with Gasteiger partial charge >= 0.3 is 0 Å². The number of unbranched alkanes of at least 4 members (excludes halogenated alkanes) is 2. The molecule has 0 aliphatic rings. The van der Waals surface area contributed by atoms with E-state index in [2.05, 4.69) is 27.7 Å². The molecule has 0 saturated carbocycles. The van der Waals surface area contributed by atoms with E-state index < -0.39 is 0 Å². The van der Waals surface area contributed by atoms with Crippen molar-refractivity contribution in [1.82, 2.24) is 0 Å². The lowest BCUT2D eigenvalue weighted by atomic mass is 10.0. The minimum atomic E-state index is 0.464. The molecule has 6 nitrogen and oxygen atoms in total. The summed E-state index contributed by atoms with van der Waals surface area (Å²) in [6.45, 7) is 12.5. The minimum absolute atomic E-state index is 0.464. The number of anilines is 2. The molecule has 2 aromatic carbocycles. The highest BCUT2D eigenvalue weighted by Crippen LogP contribution is 2.33. The Morgan fingerprint density at radius 1 is 0.556 bits per heavy atom. The summed E-state index contributed by atoms with van der Waals surface area (Å²) in [4.78, 5) is 0. The zero-order valence-corrected chi connectivity index (χ0v) is 22.9. The molecular formula is C30H48N2O4. The lowest BCUT2D eigenvalue weighted by Crippen LogP contribution is -2.09. The summed E-state index contributed by atoms with van der Waals surface area (Å²) in [7, 11) is 0. The molecule has 0 bridgehead atoms. The molecule has 6 heteroatoms. The zero-order chi connectivity index (χ0) is 26.2. The molecule has 0 aliphatic carbocycles. The number of benzene rings is 2. The van der Waals surface area contributed by atoms with Crippen LogP contribution in [0.3, 0.4) is 0 Å². The first-order chi connectivity index (χ1) is 17.4. The minimum Gasteiger partial charge on any atom is -0.489 e. The number of hydrogen-bond donors (Lipinski definition) is 2. The first-order valence-corrected chi connectivity index (χ1v) is 13.6. The molecule has 0 aliphatic heterocycles. The van der Waals surface area contributed by atoms with Crippen LogP contribution in [-0.2, 0) is 9.47 Å². The summed E-state index contributed by atoms with van der Waals surface area (Å²) in [5, 5.41) is 0. The summed E-state index contributed by atoms with van der Waals surface area (Å²) >= 11 is 0. The largest absolute Gasteiger partial charge is 0.489 e. The van der Waals surface area contributed by atoms with E-state index in [4.69, 9.17) is 30.4 Å². The molecule has 0 spiro atoms. The van der Waals surface area contributed by atoms with E-state index >= 15 is 0 Å². The molecule has 0 fully saturated rings. The van der Waals surface area contributed by atoms with Gasteiger partial charge in [0.25, 0.3) is 0 Å². The summed E-state index contributed by atoms with van der Waals surface area (Å²) in [5.74, 6) is 2.80. The molecule has 4 N–H and O–H groups in total. The summed E-state index contributed by atoms with van der Waals surface area (Å²) in [6.07, 6.45) is 7.06. The maximum absolute atomic E-state index is 6.15. The third-order valence-electron chi connectivity index (χ3n) is 5.97. The zero-order valence-electron chi connectivity index (χ0n) is 22.9. The SMILES string of the molecule is CC(C)CCCCOCCOc1cc(-c2ccc(N)c(OCCOCCCCC(C)C)c2)ccc1N. The summed E-state index contributed by atoms with van der Waals surface area (Å²) in [6, 6.07) is 11.6. The molecule has 0 saturated heterocycles. The van der Waals surface area contributed by atoms with E-state index in [1.807, 2.05) is 36.4 Å². The molecule has 0 radical (unpaired) electrons. The van der Waals surface area contributed by atoms with Crippen LogP contribution in [0.1, 0.15) is 66.2 Å². The predicted octanol–water partition coefficient (Wildman–Crippen LogP) is 6.96. The van der Waals surface area contributed by atoms with Gasteiger partial charge in [0.2, 0.25) is 0 Å². The van der Waals surface area contributed by atoms with Crippen LogP contribution in [0.4, 0.5) is 11.4 Å². The van der Waals surface area contributed by atoms with Gasteiger partial charge in [-0.2, -0.15) is 0 Å². The van der Waals surface area contributed by atoms with Gasteiger partial charge in [-0.3, -0.25) is 0 Å². The molecule has 0 aromatic heterocycles. The summed E-state index contributed by atoms with van der Waals surface area (Å²) < 4.78 is 23.2. The molecule has 0 atom stereocenters. The Balaban J connectivity index is 1.79. The molecule has 36 heavy (non-hydrogen) atoms. The van der Waals surface area contributed by atoms with Crippen LogP contribution in [0, 0.1) is 11.8 Å². The van der Waals surface area contributed by atoms with Gasteiger partial charge in [0.05, 0.1) is 24.6 Å². The van der Waals surface area contributed by atoms with E-state index in [9.17, 15) is 0 Å². The molecule has 202 valence electrons. The fourth-order valence-corrected chi connectivity index (χ4v) is 3.82. The van der Waals surface area contributed by atoms with Crippen LogP contribution in [-0.4, -0.2) is 39.6 Å². The van der Waals surface area contributed by atoms with Crippen LogP contribution in [0.5, 0.6) is 11.5 Å². The van der Waals surface area contributed by atoms with Crippen molar-refractivity contribution in [3.05, 3.63) is 36.4 Å². The number of nitrogens with two attached hydrogens (primary N) is 2. The Morgan fingerprint density at radius 3 is 1.36 bits per heavy atom. The Labute approximate surface area is 218 Å². The highest BCUT2D eigenvalue weighted by atomic mass is 16.5. The van der Waals surface area contributed by atoms with Crippen LogP contribution < -0.4 is 20.9 Å². The van der Waals surface area contributed by atoms with Crippen molar-refractivity contribution in [1.29, 1.82) is 0 Å². The van der Waals surface area contributed by atoms with Gasteiger partial charge in [-0.1, -0.05) is 65.5 Å². The van der Waals surface area contributed by atoms with E-state index in [0.29, 0.717) is 49.3 Å². The number of hydrogen-bond acceptors (Lipinski definition) is 6. The average Bonchev–Trinajstić information content (AvgIpc) is 2.84. The van der Waals surface area contributed by atoms with E-state index in [1.54, 1.807) is 0 Å². The van der Waals surface area contributed by atoms with Crippen molar-refractivity contribution in [2.75, 3.05) is 51.1 Å². The van der Waals surface area contributed by atoms with Gasteiger partial charge in [-0.15, -0.1) is 0 Å². The van der Waals surface area contributed by atoms with Crippen molar-refractivity contribution in [2.24, 2.45) is 11.8 Å². The smallest absolute Gasteiger partial charge is 0.142 e. The summed E-state index contributed by atoms with van der Waals surface area (Å²) in [5.41, 5.74) is 15.5. The van der Waals surface area contributed by atoms with Crippen molar-refractivity contribution in [3.63, 3.8) is 0 Å². The first kappa shape index (κ1) is 29.8. The van der Waals surface area contributed by atoms with Gasteiger partial charge < -0.3 is 30.4 Å². The van der Waals surface area contributed by atoms with E-state index in [-0.39, 0.29) is 0 Å². The fraction of sp³-hybridized carbons (Fsp3) is 0.600. The topological polar surface area (TPSA) is 89.0 Å². The van der Waals surface area contributed by atoms with E-state index in [0.717, 1.165) is 49.0 Å². The lowest BCUT2D eigenvalue weighted by molar-refractivity contribution is 0.0969. The normalized spacial score (nSPS) is 11.4. The van der Waals surface area contributed by atoms with Crippen molar-refractivity contribution < 1.29 is 18.9 Å². The molecule has 0 amide bonds. The van der Waals surface area contributed by atoms with Crippen LogP contribution in [0.15, 0.2) is 36.4 Å². The maximum atomic E-state index is 6.15. The van der Waals surface area contributed by atoms with Crippen molar-refractivity contribution in [3.8, 4) is 22.6 Å². The second-order valence-corrected chi connectivity index (χ2v) is 10.2. The molecule has 2 rings (SSSR count). The molecular weight excluding hydrogens is 452 g/mol. The average molecular weight is 501 g/mol. The maximum Gasteiger partial charge on any atom is 0.142 e. The molecule has 0 heterocycles. The quantitative estimate of drug-likeness (QED) is 0.160. The molecule has 2 aromatic rings. The Kier molecular flexibility index (Phi) is 14.1. The highest BCUT2D eigenvalue weighted by molar-refractivity contribution is 5.73. The van der Waals surface area contributed by atoms with Crippen molar-refractivity contribution in [2.45, 2.75) is 66.2 Å². The number of rotatable bonds is 19. The third kappa shape index (κ3) is 12.0. The standard InChI is InChI=1S/C30H48N2O4/c1-23(2)9-5-7-15-33-17-19-35-29-21-25(11-13-27(29)31)26-12-14-28(32)30(22-26)36-20-18-34-16-8-6-10-24(3)4/h11-14,21-24H,5-10,15-20,31-32H2,1-4H3.